The second kappa shape index (κ2) is 4.98. The van der Waals surface area contributed by atoms with Crippen molar-refractivity contribution in [1.82, 2.24) is 4.98 Å². The number of carbonyl (C=O) groups is 1. The Morgan fingerprint density at radius 1 is 1.20 bits per heavy atom. The first kappa shape index (κ1) is 12.7. The van der Waals surface area contributed by atoms with E-state index in [0.29, 0.717) is 11.3 Å². The summed E-state index contributed by atoms with van der Waals surface area (Å²) in [7, 11) is 0. The Morgan fingerprint density at radius 2 is 2.05 bits per heavy atom. The van der Waals surface area contributed by atoms with Gasteiger partial charge >= 0.3 is 0 Å². The Balaban J connectivity index is 1.95. The molecular weight excluding hydrogens is 279 g/mol. The predicted octanol–water partition coefficient (Wildman–Crippen LogP) is 4.21. The number of carbonyl (C=O) groups excluding carboxylic acids is 1. The fourth-order valence-electron chi connectivity index (χ4n) is 2.11. The Morgan fingerprint density at radius 3 is 2.85 bits per heavy atom. The van der Waals surface area contributed by atoms with Gasteiger partial charge in [0.05, 0.1) is 0 Å². The van der Waals surface area contributed by atoms with Crippen LogP contribution in [0, 0.1) is 5.82 Å². The minimum atomic E-state index is -0.493. The highest BCUT2D eigenvalue weighted by Crippen LogP contribution is 2.21. The number of rotatable bonds is 2. The second-order valence-corrected chi connectivity index (χ2v) is 4.79. The van der Waals surface area contributed by atoms with Crippen LogP contribution in [0.3, 0.4) is 0 Å². The largest absolute Gasteiger partial charge is 0.361 e. The van der Waals surface area contributed by atoms with Gasteiger partial charge in [-0.3, -0.25) is 4.79 Å². The van der Waals surface area contributed by atoms with Crippen LogP contribution in [0.4, 0.5) is 10.1 Å². The van der Waals surface area contributed by atoms with Crippen molar-refractivity contribution in [1.29, 1.82) is 0 Å². The van der Waals surface area contributed by atoms with Crippen LogP contribution in [0.5, 0.6) is 0 Å². The number of anilines is 1. The van der Waals surface area contributed by atoms with Gasteiger partial charge in [-0.05, 0) is 36.4 Å². The molecule has 0 fully saturated rings. The molecule has 0 saturated carbocycles. The smallest absolute Gasteiger partial charge is 0.256 e. The van der Waals surface area contributed by atoms with E-state index in [0.717, 1.165) is 10.9 Å². The summed E-state index contributed by atoms with van der Waals surface area (Å²) in [4.78, 5) is 15.3. The molecule has 20 heavy (non-hydrogen) atoms. The molecule has 3 aromatic rings. The van der Waals surface area contributed by atoms with E-state index in [4.69, 9.17) is 11.6 Å². The van der Waals surface area contributed by atoms with Gasteiger partial charge < -0.3 is 10.3 Å². The maximum absolute atomic E-state index is 13.2. The monoisotopic (exact) mass is 288 g/mol. The molecule has 1 aromatic heterocycles. The number of benzene rings is 2. The van der Waals surface area contributed by atoms with Gasteiger partial charge in [-0.25, -0.2) is 4.39 Å². The van der Waals surface area contributed by atoms with Crippen LogP contribution in [0.25, 0.3) is 10.9 Å². The zero-order valence-corrected chi connectivity index (χ0v) is 11.0. The maximum atomic E-state index is 13.2. The molecule has 3 nitrogen and oxygen atoms in total. The highest BCUT2D eigenvalue weighted by Gasteiger charge is 2.11. The molecular formula is C15H10ClFN2O. The van der Waals surface area contributed by atoms with Crippen molar-refractivity contribution in [3.05, 3.63) is 65.1 Å². The Bertz CT molecular complexity index is 777. The van der Waals surface area contributed by atoms with Gasteiger partial charge in [0.25, 0.3) is 5.91 Å². The Kier molecular flexibility index (Phi) is 3.16. The normalized spacial score (nSPS) is 10.7. The van der Waals surface area contributed by atoms with Crippen molar-refractivity contribution in [2.45, 2.75) is 0 Å². The van der Waals surface area contributed by atoms with Gasteiger partial charge in [0.15, 0.2) is 0 Å². The first-order valence-corrected chi connectivity index (χ1v) is 6.35. The highest BCUT2D eigenvalue weighted by molar-refractivity contribution is 6.31. The van der Waals surface area contributed by atoms with Gasteiger partial charge in [-0.15, -0.1) is 0 Å². The molecule has 2 aromatic carbocycles. The van der Waals surface area contributed by atoms with E-state index in [1.165, 1.54) is 18.2 Å². The lowest BCUT2D eigenvalue weighted by molar-refractivity contribution is 0.102. The molecule has 1 heterocycles. The molecule has 0 spiro atoms. The van der Waals surface area contributed by atoms with E-state index in [1.54, 1.807) is 18.3 Å². The van der Waals surface area contributed by atoms with Crippen molar-refractivity contribution in [2.24, 2.45) is 0 Å². The van der Waals surface area contributed by atoms with E-state index in [2.05, 4.69) is 10.3 Å². The second-order valence-electron chi connectivity index (χ2n) is 4.36. The van der Waals surface area contributed by atoms with Crippen LogP contribution in [-0.2, 0) is 0 Å². The molecule has 0 unspecified atom stereocenters. The van der Waals surface area contributed by atoms with Gasteiger partial charge in [-0.2, -0.15) is 0 Å². The summed E-state index contributed by atoms with van der Waals surface area (Å²) in [5, 5.41) is 3.69. The fourth-order valence-corrected chi connectivity index (χ4v) is 2.33. The van der Waals surface area contributed by atoms with Gasteiger partial charge in [0, 0.05) is 33.4 Å². The molecule has 0 aliphatic heterocycles. The molecule has 100 valence electrons. The van der Waals surface area contributed by atoms with Gasteiger partial charge in [0.2, 0.25) is 0 Å². The fraction of sp³-hybridized carbons (Fsp3) is 0. The van der Waals surface area contributed by atoms with E-state index in [9.17, 15) is 9.18 Å². The molecule has 0 saturated heterocycles. The average Bonchev–Trinajstić information content (AvgIpc) is 2.85. The van der Waals surface area contributed by atoms with E-state index in [-0.39, 0.29) is 10.9 Å². The lowest BCUT2D eigenvalue weighted by Gasteiger charge is -2.07. The van der Waals surface area contributed by atoms with Gasteiger partial charge in [0.1, 0.15) is 5.82 Å². The Hall–Kier alpha value is -2.33. The quantitative estimate of drug-likeness (QED) is 0.729. The number of fused-ring (bicyclic) bond motifs is 1. The molecule has 0 radical (unpaired) electrons. The number of hydrogen-bond donors (Lipinski definition) is 2. The number of aromatic amines is 1. The van der Waals surface area contributed by atoms with Crippen molar-refractivity contribution in [3.8, 4) is 0 Å². The van der Waals surface area contributed by atoms with E-state index >= 15 is 0 Å². The lowest BCUT2D eigenvalue weighted by atomic mass is 10.1. The first-order valence-electron chi connectivity index (χ1n) is 5.97. The zero-order valence-electron chi connectivity index (χ0n) is 10.3. The summed E-state index contributed by atoms with van der Waals surface area (Å²) in [6, 6.07) is 11.1. The SMILES string of the molecule is O=C(Nc1cc(F)cc(Cl)c1)c1cccc2[nH]ccc12. The third-order valence-electron chi connectivity index (χ3n) is 2.96. The lowest BCUT2D eigenvalue weighted by Crippen LogP contribution is -2.12. The number of halogens is 2. The van der Waals surface area contributed by atoms with Crippen LogP contribution in [-0.4, -0.2) is 10.9 Å². The first-order chi connectivity index (χ1) is 9.63. The maximum Gasteiger partial charge on any atom is 0.256 e. The summed E-state index contributed by atoms with van der Waals surface area (Å²) < 4.78 is 13.2. The molecule has 3 rings (SSSR count). The summed E-state index contributed by atoms with van der Waals surface area (Å²) in [6.07, 6.45) is 1.76. The molecule has 0 bridgehead atoms. The summed E-state index contributed by atoms with van der Waals surface area (Å²) in [5.74, 6) is -0.801. The molecule has 0 atom stereocenters. The average molecular weight is 289 g/mol. The van der Waals surface area contributed by atoms with Crippen LogP contribution >= 0.6 is 11.6 Å². The number of H-pyrrole nitrogens is 1. The number of nitrogens with one attached hydrogen (secondary N) is 2. The van der Waals surface area contributed by atoms with E-state index < -0.39 is 5.82 Å². The number of hydrogen-bond acceptors (Lipinski definition) is 1. The summed E-state index contributed by atoms with van der Waals surface area (Å²) >= 11 is 5.76. The Labute approximate surface area is 119 Å². The van der Waals surface area contributed by atoms with Crippen LogP contribution in [0.15, 0.2) is 48.7 Å². The molecule has 2 N–H and O–H groups in total. The van der Waals surface area contributed by atoms with Crippen molar-refractivity contribution < 1.29 is 9.18 Å². The van der Waals surface area contributed by atoms with Gasteiger partial charge in [-0.1, -0.05) is 17.7 Å². The summed E-state index contributed by atoms with van der Waals surface area (Å²) in [5.41, 5.74) is 1.71. The standard InChI is InChI=1S/C15H10ClFN2O/c16-9-6-10(17)8-11(7-9)19-15(20)13-2-1-3-14-12(13)4-5-18-14/h1-8,18H,(H,19,20). The molecule has 1 amide bonds. The predicted molar refractivity (Wildman–Crippen MR) is 77.7 cm³/mol. The van der Waals surface area contributed by atoms with Crippen LogP contribution in [0.2, 0.25) is 5.02 Å². The number of aromatic nitrogens is 1. The topological polar surface area (TPSA) is 44.9 Å². The van der Waals surface area contributed by atoms with Crippen LogP contribution in [0.1, 0.15) is 10.4 Å². The number of amides is 1. The minimum Gasteiger partial charge on any atom is -0.361 e. The highest BCUT2D eigenvalue weighted by atomic mass is 35.5. The molecule has 0 aliphatic carbocycles. The van der Waals surface area contributed by atoms with Crippen molar-refractivity contribution in [2.75, 3.05) is 5.32 Å². The third-order valence-corrected chi connectivity index (χ3v) is 3.18. The molecule has 5 heteroatoms. The molecule has 0 aliphatic rings. The summed E-state index contributed by atoms with van der Waals surface area (Å²) in [6.45, 7) is 0. The van der Waals surface area contributed by atoms with Crippen molar-refractivity contribution >= 4 is 34.1 Å². The van der Waals surface area contributed by atoms with Crippen molar-refractivity contribution in [3.63, 3.8) is 0 Å². The third kappa shape index (κ3) is 2.38. The minimum absolute atomic E-state index is 0.236. The van der Waals surface area contributed by atoms with Crippen LogP contribution < -0.4 is 5.32 Å². The van der Waals surface area contributed by atoms with E-state index in [1.807, 2.05) is 12.1 Å². The zero-order chi connectivity index (χ0) is 14.1.